The van der Waals surface area contributed by atoms with Crippen LogP contribution in [0, 0.1) is 27.7 Å². The first-order chi connectivity index (χ1) is 7.27. The fourth-order valence-electron chi connectivity index (χ4n) is 3.09. The van der Waals surface area contributed by atoms with Crippen LogP contribution < -0.4 is 0 Å². The van der Waals surface area contributed by atoms with Gasteiger partial charge in [-0.1, -0.05) is 13.8 Å². The summed E-state index contributed by atoms with van der Waals surface area (Å²) in [7, 11) is 0. The van der Waals surface area contributed by atoms with Gasteiger partial charge in [0.15, 0.2) is 5.78 Å². The van der Waals surface area contributed by atoms with Gasteiger partial charge in [-0.15, -0.1) is 0 Å². The summed E-state index contributed by atoms with van der Waals surface area (Å²) in [6, 6.07) is 0. The Morgan fingerprint density at radius 2 is 1.38 bits per heavy atom. The third kappa shape index (κ3) is 1.27. The monoisotopic (exact) mass is 216 g/mol. The van der Waals surface area contributed by atoms with Crippen molar-refractivity contribution in [2.75, 3.05) is 0 Å². The zero-order valence-corrected chi connectivity index (χ0v) is 11.1. The third-order valence-electron chi connectivity index (χ3n) is 4.25. The molecule has 0 radical (unpaired) electrons. The number of carbonyl (C=O) groups excluding carboxylic acids is 1. The summed E-state index contributed by atoms with van der Waals surface area (Å²) >= 11 is 0. The molecule has 0 saturated carbocycles. The first-order valence-electron chi connectivity index (χ1n) is 5.91. The molecule has 1 aromatic carbocycles. The summed E-state index contributed by atoms with van der Waals surface area (Å²) in [6.07, 6.45) is 0.660. The Morgan fingerprint density at radius 3 is 1.94 bits per heavy atom. The van der Waals surface area contributed by atoms with Gasteiger partial charge in [0.1, 0.15) is 0 Å². The average molecular weight is 216 g/mol. The molecule has 0 unspecified atom stereocenters. The van der Waals surface area contributed by atoms with Gasteiger partial charge in [0, 0.05) is 12.0 Å². The van der Waals surface area contributed by atoms with E-state index in [0.29, 0.717) is 12.2 Å². The Bertz CT molecular complexity index is 493. The minimum atomic E-state index is 0.0136. The van der Waals surface area contributed by atoms with Gasteiger partial charge in [0.2, 0.25) is 0 Å². The van der Waals surface area contributed by atoms with Crippen molar-refractivity contribution in [1.82, 2.24) is 0 Å². The maximum absolute atomic E-state index is 12.1. The Morgan fingerprint density at radius 1 is 0.875 bits per heavy atom. The number of rotatable bonds is 0. The van der Waals surface area contributed by atoms with Crippen LogP contribution in [-0.2, 0) is 5.41 Å². The summed E-state index contributed by atoms with van der Waals surface area (Å²) in [5.41, 5.74) is 7.44. The zero-order chi connectivity index (χ0) is 12.2. The van der Waals surface area contributed by atoms with Crippen LogP contribution in [0.25, 0.3) is 0 Å². The van der Waals surface area contributed by atoms with Gasteiger partial charge in [-0.3, -0.25) is 4.79 Å². The second-order valence-electron chi connectivity index (χ2n) is 5.73. The molecule has 0 saturated heterocycles. The molecule has 0 heterocycles. The Kier molecular flexibility index (Phi) is 2.27. The predicted molar refractivity (Wildman–Crippen MR) is 67.4 cm³/mol. The number of benzene rings is 1. The molecule has 2 rings (SSSR count). The largest absolute Gasteiger partial charge is 0.294 e. The Hall–Kier alpha value is -1.11. The average Bonchev–Trinajstić information content (AvgIpc) is 2.42. The van der Waals surface area contributed by atoms with Crippen LogP contribution in [0.4, 0.5) is 0 Å². The molecule has 0 spiro atoms. The summed E-state index contributed by atoms with van der Waals surface area (Å²) < 4.78 is 0. The summed E-state index contributed by atoms with van der Waals surface area (Å²) in [5.74, 6) is 0.323. The number of Topliss-reactive ketones (excluding diaryl/α,β-unsaturated/α-hetero) is 1. The van der Waals surface area contributed by atoms with Gasteiger partial charge in [-0.2, -0.15) is 0 Å². The highest BCUT2D eigenvalue weighted by molar-refractivity contribution is 6.04. The lowest BCUT2D eigenvalue weighted by atomic mass is 9.80. The number of hydrogen-bond donors (Lipinski definition) is 0. The number of hydrogen-bond acceptors (Lipinski definition) is 1. The molecule has 0 amide bonds. The van der Waals surface area contributed by atoms with E-state index in [-0.39, 0.29) is 5.41 Å². The van der Waals surface area contributed by atoms with Crippen LogP contribution in [0.5, 0.6) is 0 Å². The highest BCUT2D eigenvalue weighted by atomic mass is 16.1. The number of ketones is 1. The second-order valence-corrected chi connectivity index (χ2v) is 5.73. The predicted octanol–water partition coefficient (Wildman–Crippen LogP) is 3.78. The summed E-state index contributed by atoms with van der Waals surface area (Å²) in [6.45, 7) is 12.9. The van der Waals surface area contributed by atoms with E-state index in [1.807, 2.05) is 0 Å². The molecule has 1 nitrogen and oxygen atoms in total. The van der Waals surface area contributed by atoms with Crippen molar-refractivity contribution in [2.45, 2.75) is 53.4 Å². The smallest absolute Gasteiger partial charge is 0.164 e. The molecule has 1 aliphatic carbocycles. The summed E-state index contributed by atoms with van der Waals surface area (Å²) in [5, 5.41) is 0. The van der Waals surface area contributed by atoms with Crippen molar-refractivity contribution in [1.29, 1.82) is 0 Å². The van der Waals surface area contributed by atoms with Crippen LogP contribution in [0.1, 0.15) is 58.4 Å². The van der Waals surface area contributed by atoms with E-state index in [4.69, 9.17) is 0 Å². The van der Waals surface area contributed by atoms with Crippen LogP contribution in [-0.4, -0.2) is 5.78 Å². The fraction of sp³-hybridized carbons (Fsp3) is 0.533. The molecule has 1 aromatic rings. The fourth-order valence-corrected chi connectivity index (χ4v) is 3.09. The van der Waals surface area contributed by atoms with E-state index in [9.17, 15) is 4.79 Å². The van der Waals surface area contributed by atoms with Crippen molar-refractivity contribution in [3.05, 3.63) is 33.4 Å². The van der Waals surface area contributed by atoms with Crippen molar-refractivity contribution in [2.24, 2.45) is 0 Å². The Balaban J connectivity index is 2.91. The molecule has 0 atom stereocenters. The molecule has 0 bridgehead atoms. The second kappa shape index (κ2) is 3.19. The van der Waals surface area contributed by atoms with Gasteiger partial charge >= 0.3 is 0 Å². The Labute approximate surface area is 97.9 Å². The topological polar surface area (TPSA) is 17.1 Å². The first kappa shape index (κ1) is 11.4. The molecule has 0 aliphatic heterocycles. The van der Waals surface area contributed by atoms with Crippen molar-refractivity contribution < 1.29 is 4.79 Å². The van der Waals surface area contributed by atoms with Crippen molar-refractivity contribution in [3.8, 4) is 0 Å². The summed E-state index contributed by atoms with van der Waals surface area (Å²) in [4.78, 5) is 12.1. The molecule has 86 valence electrons. The molecule has 0 fully saturated rings. The lowest BCUT2D eigenvalue weighted by Crippen LogP contribution is -2.15. The van der Waals surface area contributed by atoms with Crippen LogP contribution >= 0.6 is 0 Å². The van der Waals surface area contributed by atoms with E-state index < -0.39 is 0 Å². The van der Waals surface area contributed by atoms with Crippen LogP contribution in [0.3, 0.4) is 0 Å². The molecular formula is C15H20O. The lowest BCUT2D eigenvalue weighted by molar-refractivity contribution is 0.0979. The third-order valence-corrected chi connectivity index (χ3v) is 4.25. The molecular weight excluding hydrogens is 196 g/mol. The van der Waals surface area contributed by atoms with Gasteiger partial charge in [-0.25, -0.2) is 0 Å². The SMILES string of the molecule is Cc1c(C)c(C)c2c(c1C)C(=O)CC2(C)C. The van der Waals surface area contributed by atoms with Crippen LogP contribution in [0.2, 0.25) is 0 Å². The van der Waals surface area contributed by atoms with Gasteiger partial charge in [-0.05, 0) is 60.9 Å². The number of fused-ring (bicyclic) bond motifs is 1. The van der Waals surface area contributed by atoms with Gasteiger partial charge in [0.25, 0.3) is 0 Å². The molecule has 0 aromatic heterocycles. The quantitative estimate of drug-likeness (QED) is 0.645. The lowest BCUT2D eigenvalue weighted by Gasteiger charge is -2.23. The molecule has 16 heavy (non-hydrogen) atoms. The van der Waals surface area contributed by atoms with Crippen molar-refractivity contribution >= 4 is 5.78 Å². The molecule has 0 N–H and O–H groups in total. The minimum absolute atomic E-state index is 0.0136. The number of carbonyl (C=O) groups is 1. The van der Waals surface area contributed by atoms with Crippen LogP contribution in [0.15, 0.2) is 0 Å². The first-order valence-corrected chi connectivity index (χ1v) is 5.91. The maximum atomic E-state index is 12.1. The maximum Gasteiger partial charge on any atom is 0.164 e. The van der Waals surface area contributed by atoms with Gasteiger partial charge in [0.05, 0.1) is 0 Å². The molecule has 1 aliphatic rings. The normalized spacial score (nSPS) is 17.8. The highest BCUT2D eigenvalue weighted by Gasteiger charge is 2.39. The van der Waals surface area contributed by atoms with Crippen molar-refractivity contribution in [3.63, 3.8) is 0 Å². The van der Waals surface area contributed by atoms with Gasteiger partial charge < -0.3 is 0 Å². The van der Waals surface area contributed by atoms with E-state index in [2.05, 4.69) is 41.5 Å². The van der Waals surface area contributed by atoms with E-state index in [1.165, 1.54) is 27.8 Å². The standard InChI is InChI=1S/C15H20O/c1-8-9(2)11(4)14-13(10(8)3)12(16)7-15(14,5)6/h7H2,1-6H3. The van der Waals surface area contributed by atoms with E-state index >= 15 is 0 Å². The highest BCUT2D eigenvalue weighted by Crippen LogP contribution is 2.43. The van der Waals surface area contributed by atoms with E-state index in [0.717, 1.165) is 5.56 Å². The molecule has 1 heteroatoms. The minimum Gasteiger partial charge on any atom is -0.294 e. The zero-order valence-electron chi connectivity index (χ0n) is 11.1. The van der Waals surface area contributed by atoms with E-state index in [1.54, 1.807) is 0 Å².